The molecule has 0 saturated carbocycles. The predicted octanol–water partition coefficient (Wildman–Crippen LogP) is 6.83. The van der Waals surface area contributed by atoms with Gasteiger partial charge in [0.05, 0.1) is 11.4 Å². The molecule has 4 nitrogen and oxygen atoms in total. The lowest BCUT2D eigenvalue weighted by Gasteiger charge is -2.12. The lowest BCUT2D eigenvalue weighted by atomic mass is 10.1. The molecule has 7 heteroatoms. The number of carbonyl (C=O) groups is 2. The summed E-state index contributed by atoms with van der Waals surface area (Å²) >= 11 is 4.35. The van der Waals surface area contributed by atoms with E-state index in [0.717, 1.165) is 43.8 Å². The van der Waals surface area contributed by atoms with Crippen LogP contribution in [0.4, 0.5) is 9.18 Å². The van der Waals surface area contributed by atoms with Gasteiger partial charge in [-0.05, 0) is 77.0 Å². The van der Waals surface area contributed by atoms with Crippen LogP contribution in [0.3, 0.4) is 0 Å². The van der Waals surface area contributed by atoms with Crippen LogP contribution in [0, 0.1) is 5.82 Å². The first-order valence-electron chi connectivity index (χ1n) is 10.3. The summed E-state index contributed by atoms with van der Waals surface area (Å²) in [4.78, 5) is 27.0. The Hall–Kier alpha value is -3.16. The highest BCUT2D eigenvalue weighted by Gasteiger charge is 2.34. The Kier molecular flexibility index (Phi) is 5.91. The number of hydrogen-bond acceptors (Lipinski definition) is 3. The van der Waals surface area contributed by atoms with Gasteiger partial charge in [0.25, 0.3) is 11.1 Å². The molecule has 3 aromatic carbocycles. The van der Waals surface area contributed by atoms with Gasteiger partial charge in [-0.1, -0.05) is 46.3 Å². The van der Waals surface area contributed by atoms with Gasteiger partial charge in [-0.3, -0.25) is 14.5 Å². The Morgan fingerprint density at radius 1 is 0.909 bits per heavy atom. The fourth-order valence-electron chi connectivity index (χ4n) is 3.84. The van der Waals surface area contributed by atoms with Crippen LogP contribution in [0.2, 0.25) is 0 Å². The Labute approximate surface area is 202 Å². The van der Waals surface area contributed by atoms with E-state index in [4.69, 9.17) is 0 Å². The SMILES string of the molecule is O=C1S/C(=C/c2ccc3c(ccn3Cc3cccc(F)c3)c2)C(=O)N1Cc1ccc(Br)cc1. The van der Waals surface area contributed by atoms with Crippen molar-refractivity contribution in [1.82, 2.24) is 9.47 Å². The van der Waals surface area contributed by atoms with E-state index < -0.39 is 0 Å². The van der Waals surface area contributed by atoms with Gasteiger partial charge >= 0.3 is 0 Å². The minimum absolute atomic E-state index is 0.247. The van der Waals surface area contributed by atoms with E-state index in [1.807, 2.05) is 60.8 Å². The highest BCUT2D eigenvalue weighted by molar-refractivity contribution is 9.10. The summed E-state index contributed by atoms with van der Waals surface area (Å²) in [5.74, 6) is -0.531. The Balaban J connectivity index is 1.36. The maximum Gasteiger partial charge on any atom is 0.293 e. The average molecular weight is 521 g/mol. The third-order valence-corrected chi connectivity index (χ3v) is 6.90. The average Bonchev–Trinajstić information content (AvgIpc) is 3.30. The number of thioether (sulfide) groups is 1. The molecule has 4 aromatic rings. The molecule has 0 N–H and O–H groups in total. The van der Waals surface area contributed by atoms with Crippen LogP contribution < -0.4 is 0 Å². The Bertz CT molecular complexity index is 1410. The van der Waals surface area contributed by atoms with Gasteiger partial charge in [0, 0.05) is 28.1 Å². The molecule has 1 aliphatic heterocycles. The second-order valence-corrected chi connectivity index (χ2v) is 9.70. The van der Waals surface area contributed by atoms with Crippen LogP contribution in [-0.2, 0) is 17.9 Å². The summed E-state index contributed by atoms with van der Waals surface area (Å²) in [6, 6.07) is 22.0. The van der Waals surface area contributed by atoms with Gasteiger partial charge < -0.3 is 4.57 Å². The van der Waals surface area contributed by atoms with E-state index in [0.29, 0.717) is 11.4 Å². The van der Waals surface area contributed by atoms with Crippen LogP contribution in [0.5, 0.6) is 0 Å². The van der Waals surface area contributed by atoms with Gasteiger partial charge in [0.15, 0.2) is 0 Å². The number of aromatic nitrogens is 1. The van der Waals surface area contributed by atoms with Crippen molar-refractivity contribution < 1.29 is 14.0 Å². The summed E-state index contributed by atoms with van der Waals surface area (Å²) < 4.78 is 16.5. The van der Waals surface area contributed by atoms with Crippen LogP contribution in [0.25, 0.3) is 17.0 Å². The number of benzene rings is 3. The minimum Gasteiger partial charge on any atom is -0.343 e. The van der Waals surface area contributed by atoms with Crippen molar-refractivity contribution in [2.24, 2.45) is 0 Å². The van der Waals surface area contributed by atoms with E-state index in [2.05, 4.69) is 20.5 Å². The number of imide groups is 1. The first kappa shape index (κ1) is 21.7. The summed E-state index contributed by atoms with van der Waals surface area (Å²) in [6.45, 7) is 0.812. The van der Waals surface area contributed by atoms with Crippen LogP contribution in [0.15, 0.2) is 88.4 Å². The van der Waals surface area contributed by atoms with Crippen molar-refractivity contribution >= 4 is 55.8 Å². The van der Waals surface area contributed by atoms with E-state index >= 15 is 0 Å². The van der Waals surface area contributed by atoms with Gasteiger partial charge in [-0.15, -0.1) is 0 Å². The van der Waals surface area contributed by atoms with Gasteiger partial charge in [0.2, 0.25) is 0 Å². The number of fused-ring (bicyclic) bond motifs is 1. The zero-order chi connectivity index (χ0) is 22.9. The zero-order valence-corrected chi connectivity index (χ0v) is 19.8. The molecule has 0 spiro atoms. The van der Waals surface area contributed by atoms with Gasteiger partial charge in [-0.2, -0.15) is 0 Å². The summed E-state index contributed by atoms with van der Waals surface area (Å²) in [5, 5.41) is 0.741. The largest absolute Gasteiger partial charge is 0.343 e. The van der Waals surface area contributed by atoms with Gasteiger partial charge in [-0.25, -0.2) is 4.39 Å². The molecule has 1 saturated heterocycles. The van der Waals surface area contributed by atoms with Crippen LogP contribution in [0.1, 0.15) is 16.7 Å². The number of rotatable bonds is 5. The number of halogens is 2. The zero-order valence-electron chi connectivity index (χ0n) is 17.4. The monoisotopic (exact) mass is 520 g/mol. The van der Waals surface area contributed by atoms with E-state index in [1.54, 1.807) is 12.1 Å². The molecule has 1 aromatic heterocycles. The second-order valence-electron chi connectivity index (χ2n) is 7.79. The van der Waals surface area contributed by atoms with Crippen molar-refractivity contribution in [3.63, 3.8) is 0 Å². The molecule has 1 fully saturated rings. The Morgan fingerprint density at radius 2 is 1.73 bits per heavy atom. The first-order chi connectivity index (χ1) is 16.0. The molecule has 0 atom stereocenters. The molecule has 1 aliphatic rings. The smallest absolute Gasteiger partial charge is 0.293 e. The molecular weight excluding hydrogens is 503 g/mol. The molecule has 33 heavy (non-hydrogen) atoms. The summed E-state index contributed by atoms with van der Waals surface area (Å²) in [7, 11) is 0. The maximum absolute atomic E-state index is 13.5. The topological polar surface area (TPSA) is 42.3 Å². The third kappa shape index (κ3) is 4.65. The molecule has 164 valence electrons. The van der Waals surface area contributed by atoms with E-state index in [9.17, 15) is 14.0 Å². The van der Waals surface area contributed by atoms with Crippen LogP contribution >= 0.6 is 27.7 Å². The lowest BCUT2D eigenvalue weighted by molar-refractivity contribution is -0.123. The van der Waals surface area contributed by atoms with Crippen molar-refractivity contribution in [1.29, 1.82) is 0 Å². The number of hydrogen-bond donors (Lipinski definition) is 0. The number of amides is 2. The minimum atomic E-state index is -0.281. The van der Waals surface area contributed by atoms with Crippen molar-refractivity contribution in [2.45, 2.75) is 13.1 Å². The molecule has 0 bridgehead atoms. The molecule has 0 aliphatic carbocycles. The van der Waals surface area contributed by atoms with Crippen molar-refractivity contribution in [2.75, 3.05) is 0 Å². The highest BCUT2D eigenvalue weighted by Crippen LogP contribution is 2.34. The summed E-state index contributed by atoms with van der Waals surface area (Å²) in [5.41, 5.74) is 3.64. The molecule has 0 unspecified atom stereocenters. The maximum atomic E-state index is 13.5. The Morgan fingerprint density at radius 3 is 2.52 bits per heavy atom. The summed E-state index contributed by atoms with van der Waals surface area (Å²) in [6.07, 6.45) is 3.72. The van der Waals surface area contributed by atoms with Crippen molar-refractivity contribution in [3.8, 4) is 0 Å². The first-order valence-corrected chi connectivity index (χ1v) is 11.9. The van der Waals surface area contributed by atoms with Crippen LogP contribution in [-0.4, -0.2) is 20.6 Å². The molecular formula is C26H18BrFN2O2S. The molecule has 0 radical (unpaired) electrons. The quantitative estimate of drug-likeness (QED) is 0.271. The van der Waals surface area contributed by atoms with E-state index in [-0.39, 0.29) is 23.5 Å². The molecule has 5 rings (SSSR count). The number of carbonyl (C=O) groups excluding carboxylic acids is 2. The standard InChI is InChI=1S/C26H18BrFN2O2S/c27-21-7-4-17(5-8-21)16-30-25(31)24(33-26(30)32)14-18-6-9-23-20(12-18)10-11-29(23)15-19-2-1-3-22(28)13-19/h1-14H,15-16H2/b24-14+. The normalized spacial score (nSPS) is 15.2. The molecule has 2 amide bonds. The van der Waals surface area contributed by atoms with Gasteiger partial charge in [0.1, 0.15) is 5.82 Å². The van der Waals surface area contributed by atoms with Crippen molar-refractivity contribution in [3.05, 3.63) is 111 Å². The number of nitrogens with zero attached hydrogens (tertiary/aromatic N) is 2. The highest BCUT2D eigenvalue weighted by atomic mass is 79.9. The lowest BCUT2D eigenvalue weighted by Crippen LogP contribution is -2.27. The third-order valence-electron chi connectivity index (χ3n) is 5.46. The van der Waals surface area contributed by atoms with E-state index in [1.165, 1.54) is 17.0 Å². The second kappa shape index (κ2) is 9.00. The fourth-order valence-corrected chi connectivity index (χ4v) is 4.94. The fraction of sp³-hybridized carbons (Fsp3) is 0.0769. The molecule has 2 heterocycles. The predicted molar refractivity (Wildman–Crippen MR) is 133 cm³/mol.